The van der Waals surface area contributed by atoms with Crippen LogP contribution in [0.15, 0.2) is 22.1 Å². The molecule has 2 aromatic heterocycles. The molecule has 0 bridgehead atoms. The molecule has 0 spiro atoms. The van der Waals surface area contributed by atoms with E-state index in [-0.39, 0.29) is 0 Å². The van der Waals surface area contributed by atoms with Gasteiger partial charge in [-0.2, -0.15) is 0 Å². The Kier molecular flexibility index (Phi) is 3.18. The Balaban J connectivity index is 2.17. The molecule has 4 heteroatoms. The van der Waals surface area contributed by atoms with Crippen molar-refractivity contribution in [2.24, 2.45) is 0 Å². The van der Waals surface area contributed by atoms with E-state index < -0.39 is 0 Å². The molecular weight excluding hydrogens is 208 g/mol. The second-order valence-electron chi connectivity index (χ2n) is 3.33. The summed E-state index contributed by atoms with van der Waals surface area (Å²) in [4.78, 5) is 5.40. The summed E-state index contributed by atoms with van der Waals surface area (Å²) >= 11 is 1.69. The Morgan fingerprint density at radius 3 is 3.07 bits per heavy atom. The summed E-state index contributed by atoms with van der Waals surface area (Å²) in [6.45, 7) is 5.77. The Morgan fingerprint density at radius 1 is 1.53 bits per heavy atom. The van der Waals surface area contributed by atoms with Gasteiger partial charge in [0.05, 0.1) is 17.6 Å². The number of nitrogens with one attached hydrogen (secondary N) is 1. The molecule has 0 fully saturated rings. The third-order valence-electron chi connectivity index (χ3n) is 2.17. The lowest BCUT2D eigenvalue weighted by molar-refractivity contribution is 0.483. The van der Waals surface area contributed by atoms with Gasteiger partial charge >= 0.3 is 0 Å². The van der Waals surface area contributed by atoms with Crippen LogP contribution in [0.2, 0.25) is 0 Å². The summed E-state index contributed by atoms with van der Waals surface area (Å²) in [5, 5.41) is 5.25. The van der Waals surface area contributed by atoms with E-state index in [1.165, 1.54) is 10.4 Å². The van der Waals surface area contributed by atoms with Crippen LogP contribution >= 0.6 is 11.3 Å². The highest BCUT2D eigenvalue weighted by atomic mass is 32.1. The fourth-order valence-electron chi connectivity index (χ4n) is 1.35. The number of hydrogen-bond donors (Lipinski definition) is 1. The zero-order chi connectivity index (χ0) is 10.7. The van der Waals surface area contributed by atoms with E-state index in [0.29, 0.717) is 6.54 Å². The lowest BCUT2D eigenvalue weighted by Crippen LogP contribution is -2.11. The minimum atomic E-state index is 0.695. The van der Waals surface area contributed by atoms with Crippen molar-refractivity contribution in [1.82, 2.24) is 10.3 Å². The Morgan fingerprint density at radius 2 is 2.40 bits per heavy atom. The number of thiophene rings is 1. The second kappa shape index (κ2) is 4.59. The first-order valence-corrected chi connectivity index (χ1v) is 5.89. The van der Waals surface area contributed by atoms with Crippen molar-refractivity contribution in [2.45, 2.75) is 20.4 Å². The fraction of sp³-hybridized carbons (Fsp3) is 0.364. The van der Waals surface area contributed by atoms with Crippen molar-refractivity contribution >= 4 is 11.3 Å². The summed E-state index contributed by atoms with van der Waals surface area (Å²) in [6, 6.07) is 2.09. The van der Waals surface area contributed by atoms with Crippen molar-refractivity contribution < 1.29 is 4.42 Å². The maximum absolute atomic E-state index is 5.65. The van der Waals surface area contributed by atoms with Crippen LogP contribution in [-0.4, -0.2) is 11.5 Å². The first kappa shape index (κ1) is 10.4. The topological polar surface area (TPSA) is 38.1 Å². The number of oxazole rings is 1. The number of rotatable bonds is 4. The average molecular weight is 222 g/mol. The molecule has 0 atom stereocenters. The lowest BCUT2D eigenvalue weighted by atomic mass is 10.2. The van der Waals surface area contributed by atoms with Gasteiger partial charge in [-0.15, -0.1) is 11.3 Å². The molecule has 0 amide bonds. The molecule has 0 saturated carbocycles. The summed E-state index contributed by atoms with van der Waals surface area (Å²) in [7, 11) is 0. The number of aryl methyl sites for hydroxylation is 1. The number of aromatic nitrogens is 1. The molecule has 80 valence electrons. The van der Waals surface area contributed by atoms with Crippen LogP contribution in [0, 0.1) is 6.92 Å². The van der Waals surface area contributed by atoms with E-state index in [0.717, 1.165) is 18.2 Å². The Hall–Kier alpha value is -1.13. The van der Waals surface area contributed by atoms with Gasteiger partial charge in [-0.1, -0.05) is 6.92 Å². The molecule has 0 saturated heterocycles. The molecule has 0 aliphatic heterocycles. The third kappa shape index (κ3) is 2.27. The van der Waals surface area contributed by atoms with Gasteiger partial charge in [-0.05, 0) is 30.5 Å². The highest BCUT2D eigenvalue weighted by Crippen LogP contribution is 2.29. The maximum Gasteiger partial charge on any atom is 0.208 e. The normalized spacial score (nSPS) is 10.8. The highest BCUT2D eigenvalue weighted by Gasteiger charge is 2.09. The van der Waals surface area contributed by atoms with Crippen LogP contribution in [0.25, 0.3) is 10.6 Å². The Bertz CT molecular complexity index is 433. The highest BCUT2D eigenvalue weighted by molar-refractivity contribution is 7.13. The minimum Gasteiger partial charge on any atom is -0.438 e. The van der Waals surface area contributed by atoms with Crippen LogP contribution in [0.1, 0.15) is 18.4 Å². The summed E-state index contributed by atoms with van der Waals surface area (Å²) in [5.74, 6) is 1.62. The molecule has 2 heterocycles. The summed E-state index contributed by atoms with van der Waals surface area (Å²) < 4.78 is 5.65. The molecule has 0 aromatic carbocycles. The predicted octanol–water partition coefficient (Wildman–Crippen LogP) is 2.82. The first-order chi connectivity index (χ1) is 7.31. The molecule has 0 aliphatic carbocycles. The van der Waals surface area contributed by atoms with Crippen LogP contribution in [0.4, 0.5) is 0 Å². The molecule has 1 N–H and O–H groups in total. The first-order valence-electron chi connectivity index (χ1n) is 5.01. The maximum atomic E-state index is 5.65. The molecule has 3 nitrogen and oxygen atoms in total. The standard InChI is InChI=1S/C11H14N2OS/c1-3-12-7-10-13-6-9(14-10)11-8(2)4-5-15-11/h4-6,12H,3,7H2,1-2H3. The zero-order valence-corrected chi connectivity index (χ0v) is 9.73. The van der Waals surface area contributed by atoms with Crippen molar-refractivity contribution in [3.63, 3.8) is 0 Å². The van der Waals surface area contributed by atoms with E-state index in [4.69, 9.17) is 4.42 Å². The molecule has 0 unspecified atom stereocenters. The summed E-state index contributed by atoms with van der Waals surface area (Å²) in [5.41, 5.74) is 1.24. The van der Waals surface area contributed by atoms with Crippen LogP contribution in [0.3, 0.4) is 0 Å². The van der Waals surface area contributed by atoms with Crippen molar-refractivity contribution in [3.8, 4) is 10.6 Å². The van der Waals surface area contributed by atoms with Crippen molar-refractivity contribution in [3.05, 3.63) is 29.1 Å². The van der Waals surface area contributed by atoms with Crippen LogP contribution < -0.4 is 5.32 Å². The van der Waals surface area contributed by atoms with Gasteiger partial charge < -0.3 is 9.73 Å². The number of nitrogens with zero attached hydrogens (tertiary/aromatic N) is 1. The SMILES string of the molecule is CCNCc1ncc(-c2sccc2C)o1. The number of hydrogen-bond acceptors (Lipinski definition) is 4. The van der Waals surface area contributed by atoms with Crippen LogP contribution in [-0.2, 0) is 6.54 Å². The molecule has 2 aromatic rings. The van der Waals surface area contributed by atoms with Gasteiger partial charge in [0.15, 0.2) is 5.76 Å². The van der Waals surface area contributed by atoms with Gasteiger partial charge in [0.1, 0.15) is 0 Å². The van der Waals surface area contributed by atoms with Gasteiger partial charge in [-0.25, -0.2) is 4.98 Å². The van der Waals surface area contributed by atoms with Crippen molar-refractivity contribution in [2.75, 3.05) is 6.54 Å². The van der Waals surface area contributed by atoms with Gasteiger partial charge in [-0.3, -0.25) is 0 Å². The van der Waals surface area contributed by atoms with Crippen molar-refractivity contribution in [1.29, 1.82) is 0 Å². The minimum absolute atomic E-state index is 0.695. The summed E-state index contributed by atoms with van der Waals surface area (Å²) in [6.07, 6.45) is 1.80. The van der Waals surface area contributed by atoms with E-state index in [9.17, 15) is 0 Å². The molecule has 0 aliphatic rings. The molecule has 0 radical (unpaired) electrons. The van der Waals surface area contributed by atoms with E-state index >= 15 is 0 Å². The van der Waals surface area contributed by atoms with E-state index in [1.54, 1.807) is 17.5 Å². The Labute approximate surface area is 93.2 Å². The quantitative estimate of drug-likeness (QED) is 0.864. The smallest absolute Gasteiger partial charge is 0.208 e. The fourth-order valence-corrected chi connectivity index (χ4v) is 2.23. The predicted molar refractivity (Wildman–Crippen MR) is 61.9 cm³/mol. The van der Waals surface area contributed by atoms with Gasteiger partial charge in [0, 0.05) is 0 Å². The largest absolute Gasteiger partial charge is 0.438 e. The van der Waals surface area contributed by atoms with Gasteiger partial charge in [0.25, 0.3) is 0 Å². The third-order valence-corrected chi connectivity index (χ3v) is 3.20. The molecule has 15 heavy (non-hydrogen) atoms. The molecular formula is C11H14N2OS. The lowest BCUT2D eigenvalue weighted by Gasteiger charge is -1.95. The zero-order valence-electron chi connectivity index (χ0n) is 8.91. The van der Waals surface area contributed by atoms with E-state index in [1.807, 2.05) is 0 Å². The average Bonchev–Trinajstić information content (AvgIpc) is 2.83. The molecule has 2 rings (SSSR count). The van der Waals surface area contributed by atoms with E-state index in [2.05, 4.69) is 35.6 Å². The second-order valence-corrected chi connectivity index (χ2v) is 4.25. The van der Waals surface area contributed by atoms with Gasteiger partial charge in [0.2, 0.25) is 5.89 Å². The monoisotopic (exact) mass is 222 g/mol. The van der Waals surface area contributed by atoms with Crippen LogP contribution in [0.5, 0.6) is 0 Å².